The maximum atomic E-state index is 13.7. The van der Waals surface area contributed by atoms with Gasteiger partial charge in [-0.1, -0.05) is 11.6 Å². The zero-order valence-electron chi connectivity index (χ0n) is 13.1. The SMILES string of the molecule is CCOC(=O)CN(CCOC)CC(=O)Nc1ccc(Cl)cc1F. The Hall–Kier alpha value is -1.70. The van der Waals surface area contributed by atoms with Crippen LogP contribution in [0.3, 0.4) is 0 Å². The van der Waals surface area contributed by atoms with E-state index in [1.807, 2.05) is 0 Å². The van der Waals surface area contributed by atoms with Crippen LogP contribution in [0.4, 0.5) is 10.1 Å². The predicted molar refractivity (Wildman–Crippen MR) is 85.0 cm³/mol. The minimum atomic E-state index is -0.625. The number of halogens is 2. The van der Waals surface area contributed by atoms with Crippen molar-refractivity contribution in [3.8, 4) is 0 Å². The highest BCUT2D eigenvalue weighted by molar-refractivity contribution is 6.30. The molecule has 0 aliphatic rings. The molecule has 0 saturated heterocycles. The Labute approximate surface area is 139 Å². The van der Waals surface area contributed by atoms with Gasteiger partial charge in [0.1, 0.15) is 5.82 Å². The smallest absolute Gasteiger partial charge is 0.320 e. The summed E-state index contributed by atoms with van der Waals surface area (Å²) in [5, 5.41) is 2.68. The average molecular weight is 347 g/mol. The number of nitrogens with one attached hydrogen (secondary N) is 1. The van der Waals surface area contributed by atoms with Crippen molar-refractivity contribution in [1.82, 2.24) is 4.90 Å². The maximum absolute atomic E-state index is 13.7. The number of carbonyl (C=O) groups is 2. The first-order chi connectivity index (χ1) is 11.0. The fourth-order valence-electron chi connectivity index (χ4n) is 1.81. The normalized spacial score (nSPS) is 10.7. The number of rotatable bonds is 9. The molecule has 0 unspecified atom stereocenters. The molecule has 0 saturated carbocycles. The Morgan fingerprint density at radius 3 is 2.70 bits per heavy atom. The van der Waals surface area contributed by atoms with Crippen molar-refractivity contribution in [3.63, 3.8) is 0 Å². The van der Waals surface area contributed by atoms with Crippen molar-refractivity contribution in [1.29, 1.82) is 0 Å². The molecule has 1 rings (SSSR count). The monoisotopic (exact) mass is 346 g/mol. The summed E-state index contributed by atoms with van der Waals surface area (Å²) in [6.07, 6.45) is 0. The van der Waals surface area contributed by atoms with Gasteiger partial charge in [0, 0.05) is 18.7 Å². The number of hydrogen-bond acceptors (Lipinski definition) is 5. The molecule has 0 aliphatic heterocycles. The van der Waals surface area contributed by atoms with Crippen LogP contribution in [0, 0.1) is 5.82 Å². The summed E-state index contributed by atoms with van der Waals surface area (Å²) in [5.74, 6) is -1.51. The van der Waals surface area contributed by atoms with Gasteiger partial charge in [-0.05, 0) is 25.1 Å². The lowest BCUT2D eigenvalue weighted by Crippen LogP contribution is -2.39. The van der Waals surface area contributed by atoms with Crippen LogP contribution in [-0.4, -0.2) is 56.7 Å². The third-order valence-corrected chi connectivity index (χ3v) is 3.08. The molecule has 128 valence electrons. The number of methoxy groups -OCH3 is 1. The van der Waals surface area contributed by atoms with Gasteiger partial charge in [-0.15, -0.1) is 0 Å². The van der Waals surface area contributed by atoms with E-state index < -0.39 is 17.7 Å². The van der Waals surface area contributed by atoms with Crippen molar-refractivity contribution >= 4 is 29.2 Å². The lowest BCUT2D eigenvalue weighted by atomic mass is 10.3. The van der Waals surface area contributed by atoms with Crippen LogP contribution in [0.5, 0.6) is 0 Å². The van der Waals surface area contributed by atoms with E-state index in [-0.39, 0.29) is 30.4 Å². The van der Waals surface area contributed by atoms with Crippen molar-refractivity contribution in [3.05, 3.63) is 29.0 Å². The molecule has 0 bridgehead atoms. The van der Waals surface area contributed by atoms with Gasteiger partial charge in [-0.25, -0.2) is 4.39 Å². The number of anilines is 1. The highest BCUT2D eigenvalue weighted by atomic mass is 35.5. The van der Waals surface area contributed by atoms with E-state index >= 15 is 0 Å². The van der Waals surface area contributed by atoms with E-state index in [1.165, 1.54) is 19.2 Å². The average Bonchev–Trinajstić information content (AvgIpc) is 2.48. The van der Waals surface area contributed by atoms with E-state index in [0.29, 0.717) is 13.2 Å². The molecular weight excluding hydrogens is 327 g/mol. The summed E-state index contributed by atoms with van der Waals surface area (Å²) in [4.78, 5) is 25.1. The van der Waals surface area contributed by atoms with E-state index in [2.05, 4.69) is 5.32 Å². The van der Waals surface area contributed by atoms with Crippen molar-refractivity contribution in [2.75, 3.05) is 45.3 Å². The van der Waals surface area contributed by atoms with E-state index in [0.717, 1.165) is 6.07 Å². The Morgan fingerprint density at radius 1 is 1.35 bits per heavy atom. The van der Waals surface area contributed by atoms with Gasteiger partial charge in [-0.3, -0.25) is 14.5 Å². The zero-order valence-corrected chi connectivity index (χ0v) is 13.9. The molecule has 8 heteroatoms. The number of carbonyl (C=O) groups excluding carboxylic acids is 2. The first kappa shape index (κ1) is 19.3. The second-order valence-corrected chi connectivity index (χ2v) is 5.12. The zero-order chi connectivity index (χ0) is 17.2. The van der Waals surface area contributed by atoms with Crippen molar-refractivity contribution < 1.29 is 23.5 Å². The van der Waals surface area contributed by atoms with Crippen molar-refractivity contribution in [2.45, 2.75) is 6.92 Å². The summed E-state index contributed by atoms with van der Waals surface area (Å²) in [6.45, 7) is 2.54. The maximum Gasteiger partial charge on any atom is 0.320 e. The number of ether oxygens (including phenoxy) is 2. The van der Waals surface area contributed by atoms with Crippen LogP contribution >= 0.6 is 11.6 Å². The van der Waals surface area contributed by atoms with E-state index in [1.54, 1.807) is 11.8 Å². The Kier molecular flexibility index (Phi) is 8.53. The topological polar surface area (TPSA) is 67.9 Å². The molecule has 0 aliphatic carbocycles. The second kappa shape index (κ2) is 10.1. The van der Waals surface area contributed by atoms with Crippen LogP contribution in [0.1, 0.15) is 6.92 Å². The van der Waals surface area contributed by atoms with Gasteiger partial charge in [0.25, 0.3) is 0 Å². The molecular formula is C15H20ClFN2O4. The predicted octanol–water partition coefficient (Wildman–Crippen LogP) is 1.93. The molecule has 0 heterocycles. The quantitative estimate of drug-likeness (QED) is 0.692. The highest BCUT2D eigenvalue weighted by Gasteiger charge is 2.16. The molecule has 23 heavy (non-hydrogen) atoms. The van der Waals surface area contributed by atoms with Gasteiger partial charge in [0.05, 0.1) is 32.0 Å². The lowest BCUT2D eigenvalue weighted by molar-refractivity contribution is -0.144. The summed E-state index contributed by atoms with van der Waals surface area (Å²) in [5.41, 5.74) is 0.0298. The van der Waals surface area contributed by atoms with Crippen LogP contribution in [-0.2, 0) is 19.1 Å². The third-order valence-electron chi connectivity index (χ3n) is 2.84. The fraction of sp³-hybridized carbons (Fsp3) is 0.467. The summed E-state index contributed by atoms with van der Waals surface area (Å²) in [6, 6.07) is 3.96. The largest absolute Gasteiger partial charge is 0.465 e. The number of benzene rings is 1. The van der Waals surface area contributed by atoms with E-state index in [4.69, 9.17) is 21.1 Å². The standard InChI is InChI=1S/C15H20ClFN2O4/c1-3-23-15(21)10-19(6-7-22-2)9-14(20)18-13-5-4-11(16)8-12(13)17/h4-5,8H,3,6-7,9-10H2,1-2H3,(H,18,20). The fourth-order valence-corrected chi connectivity index (χ4v) is 1.97. The molecule has 0 radical (unpaired) electrons. The first-order valence-electron chi connectivity index (χ1n) is 7.08. The molecule has 1 amide bonds. The Morgan fingerprint density at radius 2 is 2.09 bits per heavy atom. The minimum absolute atomic E-state index is 0.0298. The number of hydrogen-bond donors (Lipinski definition) is 1. The third kappa shape index (κ3) is 7.40. The lowest BCUT2D eigenvalue weighted by Gasteiger charge is -2.20. The van der Waals surface area contributed by atoms with Crippen LogP contribution < -0.4 is 5.32 Å². The molecule has 0 spiro atoms. The molecule has 0 fully saturated rings. The Bertz CT molecular complexity index is 542. The summed E-state index contributed by atoms with van der Waals surface area (Å²) in [7, 11) is 1.52. The number of esters is 1. The highest BCUT2D eigenvalue weighted by Crippen LogP contribution is 2.18. The van der Waals surface area contributed by atoms with Gasteiger partial charge in [0.15, 0.2) is 0 Å². The molecule has 1 aromatic rings. The molecule has 1 aromatic carbocycles. The van der Waals surface area contributed by atoms with Crippen LogP contribution in [0.2, 0.25) is 5.02 Å². The summed E-state index contributed by atoms with van der Waals surface area (Å²) < 4.78 is 23.5. The van der Waals surface area contributed by atoms with Gasteiger partial charge < -0.3 is 14.8 Å². The molecule has 1 N–H and O–H groups in total. The number of amides is 1. The minimum Gasteiger partial charge on any atom is -0.465 e. The molecule has 0 aromatic heterocycles. The van der Waals surface area contributed by atoms with Crippen molar-refractivity contribution in [2.24, 2.45) is 0 Å². The van der Waals surface area contributed by atoms with Gasteiger partial charge in [-0.2, -0.15) is 0 Å². The van der Waals surface area contributed by atoms with Gasteiger partial charge in [0.2, 0.25) is 5.91 Å². The molecule has 0 atom stereocenters. The molecule has 6 nitrogen and oxygen atoms in total. The van der Waals surface area contributed by atoms with Crippen LogP contribution in [0.15, 0.2) is 18.2 Å². The Balaban J connectivity index is 2.62. The second-order valence-electron chi connectivity index (χ2n) is 4.68. The van der Waals surface area contributed by atoms with E-state index in [9.17, 15) is 14.0 Å². The number of nitrogens with zero attached hydrogens (tertiary/aromatic N) is 1. The summed E-state index contributed by atoms with van der Waals surface area (Å²) >= 11 is 5.66. The van der Waals surface area contributed by atoms with Crippen LogP contribution in [0.25, 0.3) is 0 Å². The van der Waals surface area contributed by atoms with Gasteiger partial charge >= 0.3 is 5.97 Å². The first-order valence-corrected chi connectivity index (χ1v) is 7.45.